The van der Waals surface area contributed by atoms with Crippen LogP contribution >= 0.6 is 0 Å². The van der Waals surface area contributed by atoms with Crippen molar-refractivity contribution in [1.82, 2.24) is 0 Å². The molecule has 0 heterocycles. The highest BCUT2D eigenvalue weighted by Crippen LogP contribution is 2.14. The van der Waals surface area contributed by atoms with Crippen LogP contribution in [0.15, 0.2) is 72.9 Å². The lowest BCUT2D eigenvalue weighted by molar-refractivity contribution is -0.167. The summed E-state index contributed by atoms with van der Waals surface area (Å²) in [6, 6.07) is 0. The summed E-state index contributed by atoms with van der Waals surface area (Å²) in [6.45, 7) is 6.42. The molecule has 1 unspecified atom stereocenters. The van der Waals surface area contributed by atoms with Crippen LogP contribution in [0.25, 0.3) is 0 Å². The van der Waals surface area contributed by atoms with Crippen LogP contribution in [0.2, 0.25) is 0 Å². The SMILES string of the molecule is CC/C=C\C/C=C\C/C=C\CCCCCCCCCC(=O)OC(COC(=O)CCCCCCCC)COC(=O)CCCCCCCC/C=C\C/C=C\C/C=C\CCCCC. The summed E-state index contributed by atoms with van der Waals surface area (Å²) in [5.74, 6) is -0.918. The number of rotatable bonds is 44. The molecule has 0 aromatic carbocycles. The van der Waals surface area contributed by atoms with Gasteiger partial charge in [-0.2, -0.15) is 0 Å². The molecule has 60 heavy (non-hydrogen) atoms. The Labute approximate surface area is 370 Å². The second-order valence-corrected chi connectivity index (χ2v) is 16.3. The monoisotopic (exact) mass is 837 g/mol. The Morgan fingerprint density at radius 2 is 0.650 bits per heavy atom. The van der Waals surface area contributed by atoms with Crippen LogP contribution < -0.4 is 0 Å². The molecule has 0 aromatic heterocycles. The third-order valence-electron chi connectivity index (χ3n) is 10.4. The average molecular weight is 837 g/mol. The van der Waals surface area contributed by atoms with E-state index in [1.807, 2.05) is 0 Å². The number of hydrogen-bond acceptors (Lipinski definition) is 6. The number of allylic oxidation sites excluding steroid dienone is 12. The predicted molar refractivity (Wildman–Crippen MR) is 256 cm³/mol. The van der Waals surface area contributed by atoms with Crippen molar-refractivity contribution in [2.75, 3.05) is 13.2 Å². The maximum Gasteiger partial charge on any atom is 0.306 e. The van der Waals surface area contributed by atoms with Gasteiger partial charge in [0.2, 0.25) is 0 Å². The fourth-order valence-corrected chi connectivity index (χ4v) is 6.70. The molecule has 0 aliphatic rings. The molecule has 0 aliphatic carbocycles. The minimum absolute atomic E-state index is 0.0844. The minimum atomic E-state index is -0.782. The summed E-state index contributed by atoms with van der Waals surface area (Å²) in [5, 5.41) is 0. The number of hydrogen-bond donors (Lipinski definition) is 0. The summed E-state index contributed by atoms with van der Waals surface area (Å²) in [7, 11) is 0. The van der Waals surface area contributed by atoms with Crippen molar-refractivity contribution in [2.24, 2.45) is 0 Å². The molecule has 344 valence electrons. The van der Waals surface area contributed by atoms with Crippen LogP contribution in [0, 0.1) is 0 Å². The lowest BCUT2D eigenvalue weighted by Gasteiger charge is -2.18. The highest BCUT2D eigenvalue weighted by atomic mass is 16.6. The highest BCUT2D eigenvalue weighted by molar-refractivity contribution is 5.71. The smallest absolute Gasteiger partial charge is 0.306 e. The van der Waals surface area contributed by atoms with Crippen molar-refractivity contribution in [3.05, 3.63) is 72.9 Å². The van der Waals surface area contributed by atoms with Crippen molar-refractivity contribution in [3.8, 4) is 0 Å². The maximum atomic E-state index is 12.7. The van der Waals surface area contributed by atoms with Gasteiger partial charge in [0.1, 0.15) is 13.2 Å². The number of ether oxygens (including phenoxy) is 3. The van der Waals surface area contributed by atoms with Crippen molar-refractivity contribution in [1.29, 1.82) is 0 Å². The third kappa shape index (κ3) is 45.9. The fourth-order valence-electron chi connectivity index (χ4n) is 6.70. The molecule has 0 rings (SSSR count). The summed E-state index contributed by atoms with van der Waals surface area (Å²) < 4.78 is 16.7. The van der Waals surface area contributed by atoms with E-state index in [4.69, 9.17) is 14.2 Å². The van der Waals surface area contributed by atoms with E-state index in [0.717, 1.165) is 103 Å². The molecule has 0 aliphatic heterocycles. The van der Waals surface area contributed by atoms with Crippen molar-refractivity contribution in [3.63, 3.8) is 0 Å². The molecule has 0 aromatic rings. The second kappa shape index (κ2) is 48.5. The molecule has 6 heteroatoms. The van der Waals surface area contributed by atoms with Gasteiger partial charge in [-0.25, -0.2) is 0 Å². The number of unbranched alkanes of at least 4 members (excludes halogenated alkanes) is 21. The van der Waals surface area contributed by atoms with Gasteiger partial charge in [-0.15, -0.1) is 0 Å². The van der Waals surface area contributed by atoms with Crippen molar-refractivity contribution in [2.45, 2.75) is 239 Å². The first-order chi connectivity index (χ1) is 29.5. The lowest BCUT2D eigenvalue weighted by atomic mass is 10.1. The molecule has 0 spiro atoms. The molecular formula is C54H92O6. The first-order valence-electron chi connectivity index (χ1n) is 24.9. The van der Waals surface area contributed by atoms with Crippen molar-refractivity contribution < 1.29 is 28.6 Å². The highest BCUT2D eigenvalue weighted by Gasteiger charge is 2.19. The van der Waals surface area contributed by atoms with Gasteiger partial charge in [-0.05, 0) is 89.9 Å². The summed E-state index contributed by atoms with van der Waals surface area (Å²) in [5.41, 5.74) is 0. The topological polar surface area (TPSA) is 78.9 Å². The molecule has 0 fully saturated rings. The van der Waals surface area contributed by atoms with Gasteiger partial charge in [0.05, 0.1) is 0 Å². The molecule has 0 N–H and O–H groups in total. The Hall–Kier alpha value is -3.15. The van der Waals surface area contributed by atoms with Gasteiger partial charge in [0.15, 0.2) is 6.10 Å². The quantitative estimate of drug-likeness (QED) is 0.0263. The summed E-state index contributed by atoms with van der Waals surface area (Å²) >= 11 is 0. The Morgan fingerprint density at radius 1 is 0.350 bits per heavy atom. The normalized spacial score (nSPS) is 12.7. The molecule has 0 saturated carbocycles. The standard InChI is InChI=1S/C54H92O6/c1-4-7-10-13-16-18-20-22-24-26-27-29-30-32-34-36-38-41-44-47-53(56)59-50-51(49-58-52(55)46-43-40-15-12-9-6-3)60-54(57)48-45-42-39-37-35-33-31-28-25-23-21-19-17-14-11-8-5-2/h8,11,16-19,22-25,27,29,51H,4-7,9-10,12-15,20-21,26,28,30-50H2,1-3H3/b11-8-,18-16-,19-17-,24-22-,25-23-,29-27-. The van der Waals surface area contributed by atoms with E-state index < -0.39 is 6.10 Å². The Morgan fingerprint density at radius 3 is 1.05 bits per heavy atom. The Kier molecular flexibility index (Phi) is 46.0. The van der Waals surface area contributed by atoms with Crippen LogP contribution in [0.1, 0.15) is 233 Å². The molecule has 6 nitrogen and oxygen atoms in total. The zero-order chi connectivity index (χ0) is 43.7. The van der Waals surface area contributed by atoms with E-state index in [9.17, 15) is 14.4 Å². The first kappa shape index (κ1) is 56.9. The van der Waals surface area contributed by atoms with E-state index in [-0.39, 0.29) is 31.1 Å². The molecule has 1 atom stereocenters. The summed E-state index contributed by atoms with van der Waals surface area (Å²) in [4.78, 5) is 37.7. The average Bonchev–Trinajstić information content (AvgIpc) is 3.24. The van der Waals surface area contributed by atoms with E-state index in [1.54, 1.807) is 0 Å². The van der Waals surface area contributed by atoms with Crippen LogP contribution in [0.4, 0.5) is 0 Å². The number of carbonyl (C=O) groups is 3. The van der Waals surface area contributed by atoms with Crippen LogP contribution in [-0.2, 0) is 28.6 Å². The van der Waals surface area contributed by atoms with E-state index in [0.29, 0.717) is 19.3 Å². The molecule has 0 amide bonds. The molecule has 0 radical (unpaired) electrons. The van der Waals surface area contributed by atoms with E-state index in [2.05, 4.69) is 93.7 Å². The molecular weight excluding hydrogens is 745 g/mol. The van der Waals surface area contributed by atoms with Gasteiger partial charge >= 0.3 is 17.9 Å². The Balaban J connectivity index is 4.27. The van der Waals surface area contributed by atoms with E-state index in [1.165, 1.54) is 89.9 Å². The predicted octanol–water partition coefficient (Wildman–Crippen LogP) is 16.3. The van der Waals surface area contributed by atoms with Gasteiger partial charge in [0.25, 0.3) is 0 Å². The lowest BCUT2D eigenvalue weighted by Crippen LogP contribution is -2.30. The van der Waals surface area contributed by atoms with Crippen LogP contribution in [0.3, 0.4) is 0 Å². The largest absolute Gasteiger partial charge is 0.462 e. The van der Waals surface area contributed by atoms with Gasteiger partial charge in [0, 0.05) is 19.3 Å². The van der Waals surface area contributed by atoms with Crippen LogP contribution in [0.5, 0.6) is 0 Å². The number of carbonyl (C=O) groups excluding carboxylic acids is 3. The zero-order valence-corrected chi connectivity index (χ0v) is 39.2. The maximum absolute atomic E-state index is 12.7. The molecule has 0 bridgehead atoms. The first-order valence-corrected chi connectivity index (χ1v) is 24.9. The zero-order valence-electron chi connectivity index (χ0n) is 39.2. The molecule has 0 saturated heterocycles. The minimum Gasteiger partial charge on any atom is -0.462 e. The van der Waals surface area contributed by atoms with Crippen LogP contribution in [-0.4, -0.2) is 37.2 Å². The summed E-state index contributed by atoms with van der Waals surface area (Å²) in [6.07, 6.45) is 60.5. The third-order valence-corrected chi connectivity index (χ3v) is 10.4. The Bertz CT molecular complexity index is 1140. The van der Waals surface area contributed by atoms with Crippen molar-refractivity contribution >= 4 is 17.9 Å². The van der Waals surface area contributed by atoms with E-state index >= 15 is 0 Å². The van der Waals surface area contributed by atoms with Gasteiger partial charge in [-0.3, -0.25) is 14.4 Å². The number of esters is 3. The fraction of sp³-hybridized carbons (Fsp3) is 0.722. The van der Waals surface area contributed by atoms with Gasteiger partial charge < -0.3 is 14.2 Å². The second-order valence-electron chi connectivity index (χ2n) is 16.3. The van der Waals surface area contributed by atoms with Gasteiger partial charge in [-0.1, -0.05) is 196 Å².